The number of carbonyl (C=O) groups excluding carboxylic acids is 1. The average Bonchev–Trinajstić information content (AvgIpc) is 2.42. The Hall–Kier alpha value is -1.95. The number of piperidine rings is 1. The first-order valence-electron chi connectivity index (χ1n) is 6.84. The van der Waals surface area contributed by atoms with Crippen molar-refractivity contribution >= 4 is 17.3 Å². The Morgan fingerprint density at radius 2 is 2.25 bits per heavy atom. The number of rotatable bonds is 4. The quantitative estimate of drug-likeness (QED) is 0.674. The van der Waals surface area contributed by atoms with Crippen molar-refractivity contribution in [3.8, 4) is 0 Å². The van der Waals surface area contributed by atoms with E-state index in [-0.39, 0.29) is 17.6 Å². The Morgan fingerprint density at radius 3 is 2.85 bits per heavy atom. The van der Waals surface area contributed by atoms with Gasteiger partial charge in [0.15, 0.2) is 0 Å². The van der Waals surface area contributed by atoms with Crippen molar-refractivity contribution in [3.63, 3.8) is 0 Å². The predicted octanol–water partition coefficient (Wildman–Crippen LogP) is 2.01. The molecule has 1 aromatic rings. The van der Waals surface area contributed by atoms with Crippen molar-refractivity contribution in [2.45, 2.75) is 32.7 Å². The number of non-ortho nitro benzene ring substituents is 1. The fourth-order valence-corrected chi connectivity index (χ4v) is 2.61. The number of nitrogens with zero attached hydrogens (tertiary/aromatic N) is 2. The lowest BCUT2D eigenvalue weighted by molar-refractivity contribution is -0.384. The largest absolute Gasteiger partial charge is 0.311 e. The van der Waals surface area contributed by atoms with Gasteiger partial charge in [-0.1, -0.05) is 6.92 Å². The Balaban J connectivity index is 2.26. The van der Waals surface area contributed by atoms with Crippen LogP contribution < -0.4 is 10.2 Å². The van der Waals surface area contributed by atoms with Gasteiger partial charge < -0.3 is 10.2 Å². The van der Waals surface area contributed by atoms with Gasteiger partial charge in [0.05, 0.1) is 11.0 Å². The molecule has 1 unspecified atom stereocenters. The number of amides is 1. The van der Waals surface area contributed by atoms with Gasteiger partial charge in [-0.25, -0.2) is 0 Å². The van der Waals surface area contributed by atoms with Crippen LogP contribution in [0.15, 0.2) is 18.2 Å². The summed E-state index contributed by atoms with van der Waals surface area (Å²) in [6, 6.07) is 4.48. The molecule has 1 aliphatic heterocycles. The molecule has 0 bridgehead atoms. The number of hydrogen-bond donors (Lipinski definition) is 1. The second-order valence-corrected chi connectivity index (χ2v) is 4.97. The molecule has 20 heavy (non-hydrogen) atoms. The number of nitro groups is 1. The van der Waals surface area contributed by atoms with Gasteiger partial charge in [0, 0.05) is 24.4 Å². The fourth-order valence-electron chi connectivity index (χ4n) is 2.61. The van der Waals surface area contributed by atoms with Crippen LogP contribution in [0.3, 0.4) is 0 Å². The highest BCUT2D eigenvalue weighted by atomic mass is 16.6. The normalized spacial score (nSPS) is 19.2. The topological polar surface area (TPSA) is 75.5 Å². The van der Waals surface area contributed by atoms with E-state index in [1.165, 1.54) is 12.1 Å². The zero-order valence-electron chi connectivity index (χ0n) is 11.8. The van der Waals surface area contributed by atoms with Crippen LogP contribution in [0.1, 0.15) is 25.3 Å². The van der Waals surface area contributed by atoms with Gasteiger partial charge in [0.25, 0.3) is 5.69 Å². The van der Waals surface area contributed by atoms with Crippen molar-refractivity contribution in [1.29, 1.82) is 0 Å². The molecule has 6 heteroatoms. The minimum absolute atomic E-state index is 0.0510. The molecule has 6 nitrogen and oxygen atoms in total. The first-order valence-corrected chi connectivity index (χ1v) is 6.84. The van der Waals surface area contributed by atoms with E-state index in [2.05, 4.69) is 5.32 Å². The number of hydrogen-bond acceptors (Lipinski definition) is 4. The molecule has 1 aliphatic rings. The van der Waals surface area contributed by atoms with Crippen molar-refractivity contribution in [1.82, 2.24) is 5.32 Å². The van der Waals surface area contributed by atoms with Crippen molar-refractivity contribution < 1.29 is 9.72 Å². The number of nitro benzene ring substituents is 1. The molecule has 1 N–H and O–H groups in total. The van der Waals surface area contributed by atoms with Gasteiger partial charge in [0.2, 0.25) is 5.91 Å². The Labute approximate surface area is 117 Å². The van der Waals surface area contributed by atoms with E-state index in [9.17, 15) is 14.9 Å². The molecule has 108 valence electrons. The van der Waals surface area contributed by atoms with E-state index >= 15 is 0 Å². The highest BCUT2D eigenvalue weighted by molar-refractivity contribution is 5.98. The third-order valence-electron chi connectivity index (χ3n) is 3.57. The number of benzene rings is 1. The van der Waals surface area contributed by atoms with Crippen LogP contribution in [0.4, 0.5) is 11.4 Å². The lowest BCUT2D eigenvalue weighted by atomic mass is 10.0. The van der Waals surface area contributed by atoms with E-state index in [4.69, 9.17) is 0 Å². The minimum atomic E-state index is -0.420. The average molecular weight is 277 g/mol. The zero-order valence-corrected chi connectivity index (χ0v) is 11.8. The van der Waals surface area contributed by atoms with E-state index in [1.54, 1.807) is 17.9 Å². The number of carbonyl (C=O) groups is 1. The van der Waals surface area contributed by atoms with Crippen LogP contribution in [-0.2, 0) is 4.79 Å². The van der Waals surface area contributed by atoms with E-state index < -0.39 is 4.92 Å². The lowest BCUT2D eigenvalue weighted by Gasteiger charge is -2.33. The Kier molecular flexibility index (Phi) is 4.34. The summed E-state index contributed by atoms with van der Waals surface area (Å²) >= 11 is 0. The summed E-state index contributed by atoms with van der Waals surface area (Å²) < 4.78 is 0. The molecule has 2 rings (SSSR count). The molecular formula is C14H19N3O3. The maximum atomic E-state index is 12.4. The van der Waals surface area contributed by atoms with Crippen LogP contribution >= 0.6 is 0 Å². The highest BCUT2D eigenvalue weighted by Gasteiger charge is 2.29. The van der Waals surface area contributed by atoms with E-state index in [0.717, 1.165) is 30.6 Å². The van der Waals surface area contributed by atoms with Crippen molar-refractivity contribution in [2.75, 3.05) is 18.0 Å². The minimum Gasteiger partial charge on any atom is -0.311 e. The molecule has 0 saturated carbocycles. The summed E-state index contributed by atoms with van der Waals surface area (Å²) in [6.07, 6.45) is 1.77. The smallest absolute Gasteiger partial charge is 0.269 e. The first kappa shape index (κ1) is 14.5. The highest BCUT2D eigenvalue weighted by Crippen LogP contribution is 2.27. The zero-order chi connectivity index (χ0) is 14.7. The molecule has 0 radical (unpaired) electrons. The van der Waals surface area contributed by atoms with Crippen LogP contribution in [0.2, 0.25) is 0 Å². The van der Waals surface area contributed by atoms with Crippen LogP contribution in [0.25, 0.3) is 0 Å². The van der Waals surface area contributed by atoms with Crippen molar-refractivity contribution in [3.05, 3.63) is 33.9 Å². The summed E-state index contributed by atoms with van der Waals surface area (Å²) in [5, 5.41) is 13.9. The van der Waals surface area contributed by atoms with Gasteiger partial charge >= 0.3 is 0 Å². The molecular weight excluding hydrogens is 258 g/mol. The lowest BCUT2D eigenvalue weighted by Crippen LogP contribution is -2.51. The Bertz CT molecular complexity index is 528. The third kappa shape index (κ3) is 2.80. The summed E-state index contributed by atoms with van der Waals surface area (Å²) in [7, 11) is 0. The second-order valence-electron chi connectivity index (χ2n) is 4.97. The number of likely N-dealkylation sites (N-methyl/N-ethyl adjacent to an activating group) is 1. The number of aryl methyl sites for hydroxylation is 1. The maximum Gasteiger partial charge on any atom is 0.269 e. The number of anilines is 1. The second kappa shape index (κ2) is 6.00. The van der Waals surface area contributed by atoms with Crippen LogP contribution in [-0.4, -0.2) is 30.0 Å². The fraction of sp³-hybridized carbons (Fsp3) is 0.500. The van der Waals surface area contributed by atoms with Gasteiger partial charge in [-0.3, -0.25) is 14.9 Å². The van der Waals surface area contributed by atoms with Gasteiger partial charge in [-0.15, -0.1) is 0 Å². The molecule has 0 aromatic heterocycles. The predicted molar refractivity (Wildman–Crippen MR) is 76.9 cm³/mol. The third-order valence-corrected chi connectivity index (χ3v) is 3.57. The summed E-state index contributed by atoms with van der Waals surface area (Å²) in [5.74, 6) is 0.0510. The standard InChI is InChI=1S/C14H19N3O3/c1-3-15-12-5-4-8-16(14(12)18)13-7-6-11(17(19)20)9-10(13)2/h6-7,9,12,15H,3-5,8H2,1-2H3. The maximum absolute atomic E-state index is 12.4. The van der Waals surface area contributed by atoms with Crippen molar-refractivity contribution in [2.24, 2.45) is 0 Å². The van der Waals surface area contributed by atoms with Gasteiger partial charge in [-0.05, 0) is 37.9 Å². The molecule has 0 aliphatic carbocycles. The molecule has 1 saturated heterocycles. The van der Waals surface area contributed by atoms with Gasteiger partial charge in [-0.2, -0.15) is 0 Å². The molecule has 1 amide bonds. The first-order chi connectivity index (χ1) is 9.54. The molecule has 0 spiro atoms. The number of nitrogens with one attached hydrogen (secondary N) is 1. The van der Waals surface area contributed by atoms with Gasteiger partial charge in [0.1, 0.15) is 0 Å². The molecule has 1 fully saturated rings. The molecule has 1 atom stereocenters. The summed E-state index contributed by atoms with van der Waals surface area (Å²) in [5.41, 5.74) is 1.58. The Morgan fingerprint density at radius 1 is 1.50 bits per heavy atom. The molecule has 1 aromatic carbocycles. The van der Waals surface area contributed by atoms with Crippen LogP contribution in [0.5, 0.6) is 0 Å². The van der Waals surface area contributed by atoms with E-state index in [0.29, 0.717) is 6.54 Å². The molecule has 1 heterocycles. The van der Waals surface area contributed by atoms with Crippen LogP contribution in [0, 0.1) is 17.0 Å². The summed E-state index contributed by atoms with van der Waals surface area (Å²) in [6.45, 7) is 5.19. The SMILES string of the molecule is CCNC1CCCN(c2ccc([N+](=O)[O-])cc2C)C1=O. The monoisotopic (exact) mass is 277 g/mol. The van der Waals surface area contributed by atoms with E-state index in [1.807, 2.05) is 6.92 Å². The summed E-state index contributed by atoms with van der Waals surface area (Å²) in [4.78, 5) is 24.5.